The largest absolute Gasteiger partial charge is 0.497 e. The molecule has 144 valence electrons. The van der Waals surface area contributed by atoms with E-state index < -0.39 is 5.41 Å². The summed E-state index contributed by atoms with van der Waals surface area (Å²) < 4.78 is 5.17. The minimum atomic E-state index is -0.955. The van der Waals surface area contributed by atoms with Crippen molar-refractivity contribution in [2.75, 3.05) is 19.0 Å². The number of para-hydroxylation sites is 1. The Labute approximate surface area is 163 Å². The third-order valence-corrected chi connectivity index (χ3v) is 5.30. The normalized spacial score (nSPS) is 14.5. The van der Waals surface area contributed by atoms with Crippen LogP contribution in [0.25, 0.3) is 10.9 Å². The summed E-state index contributed by atoms with van der Waals surface area (Å²) in [4.78, 5) is 28.6. The lowest BCUT2D eigenvalue weighted by Crippen LogP contribution is -2.40. The molecule has 28 heavy (non-hydrogen) atoms. The minimum absolute atomic E-state index is 0.201. The van der Waals surface area contributed by atoms with Crippen LogP contribution in [0, 0.1) is 5.41 Å². The van der Waals surface area contributed by atoms with Crippen LogP contribution in [0.5, 0.6) is 5.75 Å². The molecule has 1 aliphatic rings. The van der Waals surface area contributed by atoms with Gasteiger partial charge in [0, 0.05) is 35.4 Å². The standard InChI is InChI=1S/C22H23N3O3/c1-28-17-6-4-5-16(13-17)25-21(27)22(10-11-22)20(26)23-12-9-15-14-24-19-8-3-2-7-18(15)19/h2-8,13-14,24H,9-12H2,1H3,(H,23,26)(H,25,27). The molecule has 0 unspecified atom stereocenters. The van der Waals surface area contributed by atoms with Crippen LogP contribution < -0.4 is 15.4 Å². The summed E-state index contributed by atoms with van der Waals surface area (Å²) in [6, 6.07) is 15.2. The third kappa shape index (κ3) is 3.45. The Kier molecular flexibility index (Phi) is 4.77. The highest BCUT2D eigenvalue weighted by Gasteiger charge is 2.56. The summed E-state index contributed by atoms with van der Waals surface area (Å²) in [7, 11) is 1.57. The summed E-state index contributed by atoms with van der Waals surface area (Å²) in [5, 5.41) is 6.94. The first kappa shape index (κ1) is 18.1. The number of hydrogen-bond acceptors (Lipinski definition) is 3. The molecule has 4 rings (SSSR count). The number of methoxy groups -OCH3 is 1. The summed E-state index contributed by atoms with van der Waals surface area (Å²) in [6.07, 6.45) is 3.83. The van der Waals surface area contributed by atoms with Gasteiger partial charge in [-0.1, -0.05) is 24.3 Å². The number of carbonyl (C=O) groups is 2. The predicted molar refractivity (Wildman–Crippen MR) is 108 cm³/mol. The topological polar surface area (TPSA) is 83.2 Å². The summed E-state index contributed by atoms with van der Waals surface area (Å²) >= 11 is 0. The number of H-pyrrole nitrogens is 1. The van der Waals surface area contributed by atoms with Crippen molar-refractivity contribution in [3.8, 4) is 5.75 Å². The van der Waals surface area contributed by atoms with E-state index in [1.807, 2.05) is 24.4 Å². The van der Waals surface area contributed by atoms with Gasteiger partial charge in [-0.25, -0.2) is 0 Å². The highest BCUT2D eigenvalue weighted by atomic mass is 16.5. The molecule has 1 aromatic heterocycles. The van der Waals surface area contributed by atoms with Gasteiger partial charge in [-0.2, -0.15) is 0 Å². The Morgan fingerprint density at radius 1 is 1.11 bits per heavy atom. The fraction of sp³-hybridized carbons (Fsp3) is 0.273. The van der Waals surface area contributed by atoms with Crippen LogP contribution in [0.3, 0.4) is 0 Å². The molecule has 0 saturated heterocycles. The van der Waals surface area contributed by atoms with Crippen molar-refractivity contribution in [2.45, 2.75) is 19.3 Å². The summed E-state index contributed by atoms with van der Waals surface area (Å²) in [6.45, 7) is 0.495. The van der Waals surface area contributed by atoms with Crippen molar-refractivity contribution in [3.63, 3.8) is 0 Å². The van der Waals surface area contributed by atoms with E-state index in [9.17, 15) is 9.59 Å². The molecule has 0 atom stereocenters. The number of anilines is 1. The van der Waals surface area contributed by atoms with Gasteiger partial charge in [0.25, 0.3) is 0 Å². The zero-order valence-electron chi connectivity index (χ0n) is 15.7. The fourth-order valence-corrected chi connectivity index (χ4v) is 3.45. The number of fused-ring (bicyclic) bond motifs is 1. The molecule has 1 fully saturated rings. The van der Waals surface area contributed by atoms with Crippen molar-refractivity contribution in [1.82, 2.24) is 10.3 Å². The molecule has 0 bridgehead atoms. The molecule has 0 aliphatic heterocycles. The van der Waals surface area contributed by atoms with E-state index in [1.54, 1.807) is 31.4 Å². The second-order valence-electron chi connectivity index (χ2n) is 7.13. The molecule has 2 aromatic carbocycles. The number of aromatic amines is 1. The number of ether oxygens (including phenoxy) is 1. The number of benzene rings is 2. The molecule has 3 aromatic rings. The number of aromatic nitrogens is 1. The van der Waals surface area contributed by atoms with Crippen LogP contribution >= 0.6 is 0 Å². The van der Waals surface area contributed by atoms with E-state index in [0.29, 0.717) is 37.2 Å². The van der Waals surface area contributed by atoms with E-state index in [4.69, 9.17) is 4.74 Å². The highest BCUT2D eigenvalue weighted by Crippen LogP contribution is 2.46. The van der Waals surface area contributed by atoms with Crippen LogP contribution in [0.2, 0.25) is 0 Å². The van der Waals surface area contributed by atoms with E-state index in [1.165, 1.54) is 0 Å². The fourth-order valence-electron chi connectivity index (χ4n) is 3.45. The van der Waals surface area contributed by atoms with Crippen molar-refractivity contribution >= 4 is 28.4 Å². The maximum absolute atomic E-state index is 12.7. The lowest BCUT2D eigenvalue weighted by molar-refractivity contribution is -0.134. The average Bonchev–Trinajstić information content (AvgIpc) is 3.44. The lowest BCUT2D eigenvalue weighted by Gasteiger charge is -2.15. The maximum atomic E-state index is 12.7. The second-order valence-corrected chi connectivity index (χ2v) is 7.13. The summed E-state index contributed by atoms with van der Waals surface area (Å²) in [5.41, 5.74) is 1.91. The van der Waals surface area contributed by atoms with Gasteiger partial charge in [-0.3, -0.25) is 9.59 Å². The van der Waals surface area contributed by atoms with Crippen LogP contribution in [0.4, 0.5) is 5.69 Å². The molecule has 2 amide bonds. The predicted octanol–water partition coefficient (Wildman–Crippen LogP) is 3.25. The molecule has 0 spiro atoms. The first-order chi connectivity index (χ1) is 13.6. The van der Waals surface area contributed by atoms with Crippen molar-refractivity contribution in [3.05, 3.63) is 60.3 Å². The number of carbonyl (C=O) groups excluding carboxylic acids is 2. The van der Waals surface area contributed by atoms with E-state index in [2.05, 4.69) is 21.7 Å². The number of nitrogens with one attached hydrogen (secondary N) is 3. The SMILES string of the molecule is COc1cccc(NC(=O)C2(C(=O)NCCc3c[nH]c4ccccc34)CC2)c1. The Morgan fingerprint density at radius 3 is 2.71 bits per heavy atom. The van der Waals surface area contributed by atoms with E-state index >= 15 is 0 Å². The molecular formula is C22H23N3O3. The molecule has 3 N–H and O–H groups in total. The lowest BCUT2D eigenvalue weighted by atomic mass is 10.0. The van der Waals surface area contributed by atoms with Gasteiger partial charge in [0.05, 0.1) is 7.11 Å². The van der Waals surface area contributed by atoms with Gasteiger partial charge in [0.2, 0.25) is 11.8 Å². The van der Waals surface area contributed by atoms with Gasteiger partial charge in [0.1, 0.15) is 11.2 Å². The first-order valence-electron chi connectivity index (χ1n) is 9.41. The molecule has 6 nitrogen and oxygen atoms in total. The number of rotatable bonds is 7. The van der Waals surface area contributed by atoms with Crippen LogP contribution in [-0.2, 0) is 16.0 Å². The minimum Gasteiger partial charge on any atom is -0.497 e. The molecule has 1 aliphatic carbocycles. The first-order valence-corrected chi connectivity index (χ1v) is 9.41. The number of amides is 2. The Bertz CT molecular complexity index is 1020. The molecular weight excluding hydrogens is 354 g/mol. The Balaban J connectivity index is 1.35. The van der Waals surface area contributed by atoms with E-state index in [0.717, 1.165) is 16.5 Å². The third-order valence-electron chi connectivity index (χ3n) is 5.30. The van der Waals surface area contributed by atoms with Gasteiger partial charge in [-0.05, 0) is 43.0 Å². The van der Waals surface area contributed by atoms with Crippen LogP contribution in [-0.4, -0.2) is 30.5 Å². The average molecular weight is 377 g/mol. The number of hydrogen-bond donors (Lipinski definition) is 3. The zero-order valence-corrected chi connectivity index (χ0v) is 15.7. The van der Waals surface area contributed by atoms with Crippen molar-refractivity contribution in [2.24, 2.45) is 5.41 Å². The van der Waals surface area contributed by atoms with Gasteiger partial charge in [0.15, 0.2) is 0 Å². The molecule has 1 heterocycles. The smallest absolute Gasteiger partial charge is 0.240 e. The van der Waals surface area contributed by atoms with Crippen molar-refractivity contribution in [1.29, 1.82) is 0 Å². The highest BCUT2D eigenvalue weighted by molar-refractivity contribution is 6.13. The molecule has 0 radical (unpaired) electrons. The molecule has 1 saturated carbocycles. The van der Waals surface area contributed by atoms with Crippen molar-refractivity contribution < 1.29 is 14.3 Å². The zero-order chi connectivity index (χ0) is 19.6. The van der Waals surface area contributed by atoms with Gasteiger partial charge < -0.3 is 20.4 Å². The maximum Gasteiger partial charge on any atom is 0.240 e. The van der Waals surface area contributed by atoms with Gasteiger partial charge in [-0.15, -0.1) is 0 Å². The second kappa shape index (κ2) is 7.38. The summed E-state index contributed by atoms with van der Waals surface area (Å²) in [5.74, 6) is 0.198. The Morgan fingerprint density at radius 2 is 1.93 bits per heavy atom. The Hall–Kier alpha value is -3.28. The van der Waals surface area contributed by atoms with Gasteiger partial charge >= 0.3 is 0 Å². The molecule has 6 heteroatoms. The quantitative estimate of drug-likeness (QED) is 0.553. The van der Waals surface area contributed by atoms with Crippen LogP contribution in [0.1, 0.15) is 18.4 Å². The van der Waals surface area contributed by atoms with E-state index in [-0.39, 0.29) is 11.8 Å². The monoisotopic (exact) mass is 377 g/mol. The van der Waals surface area contributed by atoms with Crippen LogP contribution in [0.15, 0.2) is 54.7 Å².